The number of halogens is 1. The van der Waals surface area contributed by atoms with Crippen LogP contribution in [0.4, 0.5) is 5.00 Å². The Hall–Kier alpha value is -1.42. The molecule has 2 aromatic rings. The molecule has 3 rings (SSSR count). The first-order chi connectivity index (χ1) is 12.4. The SMILES string of the molecule is CCC(C)OC(=O)c1c(NC(=O)c2c(I)cnn2C)sc2c1CCCC2. The minimum Gasteiger partial charge on any atom is -0.459 e. The molecule has 0 saturated heterocycles. The molecule has 1 amide bonds. The Bertz CT molecular complexity index is 824. The molecule has 1 N–H and O–H groups in total. The quantitative estimate of drug-likeness (QED) is 0.508. The summed E-state index contributed by atoms with van der Waals surface area (Å²) in [4.78, 5) is 26.7. The third kappa shape index (κ3) is 3.80. The summed E-state index contributed by atoms with van der Waals surface area (Å²) >= 11 is 3.58. The molecule has 0 spiro atoms. The highest BCUT2D eigenvalue weighted by molar-refractivity contribution is 14.1. The van der Waals surface area contributed by atoms with Gasteiger partial charge in [-0.3, -0.25) is 9.48 Å². The van der Waals surface area contributed by atoms with Crippen LogP contribution in [-0.2, 0) is 24.6 Å². The van der Waals surface area contributed by atoms with E-state index in [0.717, 1.165) is 41.2 Å². The van der Waals surface area contributed by atoms with Crippen molar-refractivity contribution in [1.29, 1.82) is 0 Å². The van der Waals surface area contributed by atoms with Gasteiger partial charge in [0, 0.05) is 11.9 Å². The second kappa shape index (κ2) is 8.08. The fraction of sp³-hybridized carbons (Fsp3) is 0.500. The van der Waals surface area contributed by atoms with E-state index < -0.39 is 0 Å². The van der Waals surface area contributed by atoms with Crippen LogP contribution in [-0.4, -0.2) is 27.8 Å². The number of thiophene rings is 1. The Labute approximate surface area is 170 Å². The summed E-state index contributed by atoms with van der Waals surface area (Å²) in [7, 11) is 1.73. The lowest BCUT2D eigenvalue weighted by Gasteiger charge is -2.15. The molecule has 0 bridgehead atoms. The Morgan fingerprint density at radius 1 is 1.42 bits per heavy atom. The van der Waals surface area contributed by atoms with E-state index in [1.165, 1.54) is 16.2 Å². The summed E-state index contributed by atoms with van der Waals surface area (Å²) in [5, 5.41) is 7.64. The standard InChI is InChI=1S/C18H22IN3O3S/c1-4-10(2)25-18(24)14-11-7-5-6-8-13(11)26-17(14)21-16(23)15-12(19)9-20-22(15)3/h9-10H,4-8H2,1-3H3,(H,21,23). The maximum absolute atomic E-state index is 12.8. The largest absolute Gasteiger partial charge is 0.459 e. The Morgan fingerprint density at radius 2 is 2.15 bits per heavy atom. The molecule has 2 heterocycles. The number of nitrogens with one attached hydrogen (secondary N) is 1. The zero-order valence-corrected chi connectivity index (χ0v) is 18.1. The van der Waals surface area contributed by atoms with Gasteiger partial charge in [-0.25, -0.2) is 4.79 Å². The number of hydrogen-bond acceptors (Lipinski definition) is 5. The third-order valence-corrected chi connectivity index (χ3v) is 6.59. The molecule has 26 heavy (non-hydrogen) atoms. The van der Waals surface area contributed by atoms with Gasteiger partial charge in [0.2, 0.25) is 0 Å². The molecule has 1 unspecified atom stereocenters. The van der Waals surface area contributed by atoms with Gasteiger partial charge < -0.3 is 10.1 Å². The van der Waals surface area contributed by atoms with E-state index in [0.29, 0.717) is 16.3 Å². The summed E-state index contributed by atoms with van der Waals surface area (Å²) in [5.41, 5.74) is 2.07. The highest BCUT2D eigenvalue weighted by Crippen LogP contribution is 2.39. The van der Waals surface area contributed by atoms with Gasteiger partial charge in [0.15, 0.2) is 0 Å². The van der Waals surface area contributed by atoms with E-state index in [-0.39, 0.29) is 18.0 Å². The van der Waals surface area contributed by atoms with Crippen LogP contribution >= 0.6 is 33.9 Å². The smallest absolute Gasteiger partial charge is 0.341 e. The molecular weight excluding hydrogens is 465 g/mol. The van der Waals surface area contributed by atoms with Crippen molar-refractivity contribution in [2.75, 3.05) is 5.32 Å². The van der Waals surface area contributed by atoms with E-state index in [1.54, 1.807) is 17.9 Å². The van der Waals surface area contributed by atoms with E-state index in [1.807, 2.05) is 13.8 Å². The fourth-order valence-corrected chi connectivity index (χ4v) is 5.01. The van der Waals surface area contributed by atoms with Crippen LogP contribution in [0.2, 0.25) is 0 Å². The van der Waals surface area contributed by atoms with Crippen molar-refractivity contribution in [2.45, 2.75) is 52.1 Å². The molecule has 2 aromatic heterocycles. The number of carbonyl (C=O) groups is 2. The number of esters is 1. The zero-order chi connectivity index (χ0) is 18.8. The first-order valence-corrected chi connectivity index (χ1v) is 10.7. The lowest BCUT2D eigenvalue weighted by atomic mass is 9.95. The third-order valence-electron chi connectivity index (χ3n) is 4.59. The second-order valence-corrected chi connectivity index (χ2v) is 8.73. The fourth-order valence-electron chi connectivity index (χ4n) is 3.02. The van der Waals surface area contributed by atoms with Crippen LogP contribution < -0.4 is 5.32 Å². The number of fused-ring (bicyclic) bond motifs is 1. The Morgan fingerprint density at radius 3 is 2.81 bits per heavy atom. The van der Waals surface area contributed by atoms with Crippen LogP contribution in [0.25, 0.3) is 0 Å². The number of rotatable bonds is 5. The van der Waals surface area contributed by atoms with Crippen molar-refractivity contribution in [3.05, 3.63) is 31.5 Å². The van der Waals surface area contributed by atoms with Gasteiger partial charge in [0.05, 0.1) is 21.4 Å². The molecular formula is C18H22IN3O3S. The van der Waals surface area contributed by atoms with Crippen molar-refractivity contribution < 1.29 is 14.3 Å². The average Bonchev–Trinajstić information content (AvgIpc) is 3.13. The highest BCUT2D eigenvalue weighted by atomic mass is 127. The second-order valence-electron chi connectivity index (χ2n) is 6.46. The van der Waals surface area contributed by atoms with Gasteiger partial charge in [-0.2, -0.15) is 5.10 Å². The average molecular weight is 487 g/mol. The summed E-state index contributed by atoms with van der Waals surface area (Å²) in [6.45, 7) is 3.86. The highest BCUT2D eigenvalue weighted by Gasteiger charge is 2.29. The van der Waals surface area contributed by atoms with Crippen molar-refractivity contribution in [3.63, 3.8) is 0 Å². The number of hydrogen-bond donors (Lipinski definition) is 1. The van der Waals surface area contributed by atoms with E-state index >= 15 is 0 Å². The van der Waals surface area contributed by atoms with Gasteiger partial charge in [-0.05, 0) is 67.2 Å². The van der Waals surface area contributed by atoms with Crippen LogP contribution in [0, 0.1) is 3.57 Å². The first kappa shape index (κ1) is 19.3. The lowest BCUT2D eigenvalue weighted by Crippen LogP contribution is -2.20. The predicted octanol–water partition coefficient (Wildman–Crippen LogP) is 4.17. The van der Waals surface area contributed by atoms with Crippen LogP contribution in [0.3, 0.4) is 0 Å². The monoisotopic (exact) mass is 487 g/mol. The molecule has 1 aliphatic rings. The number of aryl methyl sites for hydroxylation is 2. The first-order valence-electron chi connectivity index (χ1n) is 8.76. The van der Waals surface area contributed by atoms with E-state index in [4.69, 9.17) is 4.74 Å². The number of nitrogens with zero attached hydrogens (tertiary/aromatic N) is 2. The summed E-state index contributed by atoms with van der Waals surface area (Å²) in [6.07, 6.45) is 6.22. The van der Waals surface area contributed by atoms with Gasteiger partial charge >= 0.3 is 5.97 Å². The molecule has 0 aromatic carbocycles. The number of carbonyl (C=O) groups excluding carboxylic acids is 2. The molecule has 0 radical (unpaired) electrons. The molecule has 1 atom stereocenters. The van der Waals surface area contributed by atoms with Gasteiger partial charge in [-0.15, -0.1) is 11.3 Å². The molecule has 0 fully saturated rings. The number of anilines is 1. The minimum atomic E-state index is -0.339. The minimum absolute atomic E-state index is 0.150. The lowest BCUT2D eigenvalue weighted by molar-refractivity contribution is 0.0335. The molecule has 1 aliphatic carbocycles. The van der Waals surface area contributed by atoms with Crippen molar-refractivity contribution in [2.24, 2.45) is 7.05 Å². The van der Waals surface area contributed by atoms with Crippen molar-refractivity contribution >= 4 is 50.8 Å². The molecule has 6 nitrogen and oxygen atoms in total. The number of ether oxygens (including phenoxy) is 1. The maximum Gasteiger partial charge on any atom is 0.341 e. The summed E-state index contributed by atoms with van der Waals surface area (Å²) < 4.78 is 7.88. The van der Waals surface area contributed by atoms with Gasteiger partial charge in [0.25, 0.3) is 5.91 Å². The molecule has 140 valence electrons. The topological polar surface area (TPSA) is 73.2 Å². The number of amides is 1. The molecule has 0 saturated carbocycles. The normalized spacial score (nSPS) is 14.6. The zero-order valence-electron chi connectivity index (χ0n) is 15.1. The number of aromatic nitrogens is 2. The predicted molar refractivity (Wildman–Crippen MR) is 110 cm³/mol. The maximum atomic E-state index is 12.8. The Balaban J connectivity index is 1.94. The molecule has 8 heteroatoms. The van der Waals surface area contributed by atoms with E-state index in [2.05, 4.69) is 33.0 Å². The van der Waals surface area contributed by atoms with Crippen LogP contribution in [0.5, 0.6) is 0 Å². The van der Waals surface area contributed by atoms with Crippen LogP contribution in [0.15, 0.2) is 6.20 Å². The summed E-state index contributed by atoms with van der Waals surface area (Å²) in [6, 6.07) is 0. The molecule has 0 aliphatic heterocycles. The van der Waals surface area contributed by atoms with Crippen molar-refractivity contribution in [1.82, 2.24) is 9.78 Å². The summed E-state index contributed by atoms with van der Waals surface area (Å²) in [5.74, 6) is -0.598. The van der Waals surface area contributed by atoms with Crippen molar-refractivity contribution in [3.8, 4) is 0 Å². The van der Waals surface area contributed by atoms with Gasteiger partial charge in [0.1, 0.15) is 10.7 Å². The van der Waals surface area contributed by atoms with E-state index in [9.17, 15) is 9.59 Å². The Kier molecular flexibility index (Phi) is 6.01. The van der Waals surface area contributed by atoms with Crippen LogP contribution in [0.1, 0.15) is 64.4 Å². The van der Waals surface area contributed by atoms with Gasteiger partial charge in [-0.1, -0.05) is 6.92 Å².